The molecule has 0 fully saturated rings. The lowest BCUT2D eigenvalue weighted by molar-refractivity contribution is -0.132. The molecule has 8 nitrogen and oxygen atoms in total. The fourth-order valence-corrected chi connectivity index (χ4v) is 2.85. The Balaban J connectivity index is 2.73. The van der Waals surface area contributed by atoms with E-state index in [1.807, 2.05) is 0 Å². The molecule has 0 saturated heterocycles. The molecule has 0 aromatic heterocycles. The van der Waals surface area contributed by atoms with Crippen molar-refractivity contribution in [2.75, 3.05) is 14.2 Å². The summed E-state index contributed by atoms with van der Waals surface area (Å²) in [6.45, 7) is 4.13. The number of rotatable bonds is 5. The van der Waals surface area contributed by atoms with E-state index in [2.05, 4.69) is 0 Å². The van der Waals surface area contributed by atoms with Crippen molar-refractivity contribution in [3.05, 3.63) is 45.9 Å². The van der Waals surface area contributed by atoms with Gasteiger partial charge in [-0.1, -0.05) is 0 Å². The predicted molar refractivity (Wildman–Crippen MR) is 93.1 cm³/mol. The number of ether oxygens (including phenoxy) is 3. The molecule has 0 unspecified atom stereocenters. The van der Waals surface area contributed by atoms with Crippen molar-refractivity contribution in [3.63, 3.8) is 0 Å². The first-order valence-electron chi connectivity index (χ1n) is 7.83. The molecule has 0 radical (unpaired) electrons. The van der Waals surface area contributed by atoms with Crippen LogP contribution < -0.4 is 4.74 Å². The number of methoxy groups -OCH3 is 2. The lowest BCUT2D eigenvalue weighted by atomic mass is 9.87. The molecule has 0 atom stereocenters. The van der Waals surface area contributed by atoms with Gasteiger partial charge in [-0.05, 0) is 37.1 Å². The van der Waals surface area contributed by atoms with Crippen molar-refractivity contribution in [1.82, 2.24) is 0 Å². The van der Waals surface area contributed by atoms with Crippen molar-refractivity contribution in [3.8, 4) is 5.75 Å². The van der Waals surface area contributed by atoms with Gasteiger partial charge in [-0.2, -0.15) is 0 Å². The predicted octanol–water partition coefficient (Wildman–Crippen LogP) is 2.05. The maximum atomic E-state index is 12.8. The summed E-state index contributed by atoms with van der Waals surface area (Å²) in [4.78, 5) is 48.2. The molecule has 1 aliphatic rings. The molecule has 8 heteroatoms. The minimum absolute atomic E-state index is 0.00220. The molecule has 142 valence electrons. The third-order valence-electron chi connectivity index (χ3n) is 4.01. The summed E-state index contributed by atoms with van der Waals surface area (Å²) in [6.07, 6.45) is 0. The van der Waals surface area contributed by atoms with Crippen LogP contribution in [-0.2, 0) is 23.9 Å². The van der Waals surface area contributed by atoms with Gasteiger partial charge in [-0.15, -0.1) is 0 Å². The minimum Gasteiger partial charge on any atom is -0.489 e. The molecule has 0 amide bonds. The van der Waals surface area contributed by atoms with Gasteiger partial charge in [-0.3, -0.25) is 14.4 Å². The Morgan fingerprint density at radius 1 is 0.963 bits per heavy atom. The van der Waals surface area contributed by atoms with Crippen molar-refractivity contribution in [2.24, 2.45) is 0 Å². The van der Waals surface area contributed by atoms with Gasteiger partial charge < -0.3 is 19.3 Å². The molecular formula is C19H18O8. The average Bonchev–Trinajstić information content (AvgIpc) is 2.59. The van der Waals surface area contributed by atoms with Crippen LogP contribution in [-0.4, -0.2) is 42.8 Å². The number of carboxylic acids is 1. The lowest BCUT2D eigenvalue weighted by Gasteiger charge is -2.21. The average molecular weight is 374 g/mol. The smallest absolute Gasteiger partial charge is 0.339 e. The van der Waals surface area contributed by atoms with E-state index in [0.717, 1.165) is 6.92 Å². The fraction of sp³-hybridized carbons (Fsp3) is 0.263. The summed E-state index contributed by atoms with van der Waals surface area (Å²) in [7, 11) is 2.48. The van der Waals surface area contributed by atoms with Crippen molar-refractivity contribution < 1.29 is 38.5 Å². The zero-order valence-corrected chi connectivity index (χ0v) is 15.5. The van der Waals surface area contributed by atoms with Crippen LogP contribution in [0.5, 0.6) is 5.75 Å². The zero-order chi connectivity index (χ0) is 20.5. The molecule has 0 heterocycles. The fourth-order valence-electron chi connectivity index (χ4n) is 2.85. The Kier molecular flexibility index (Phi) is 5.49. The Morgan fingerprint density at radius 2 is 1.52 bits per heavy atom. The van der Waals surface area contributed by atoms with Crippen LogP contribution in [0, 0.1) is 6.92 Å². The zero-order valence-electron chi connectivity index (χ0n) is 15.5. The number of hydrogen-bond acceptors (Lipinski definition) is 7. The van der Waals surface area contributed by atoms with Crippen molar-refractivity contribution >= 4 is 29.1 Å². The van der Waals surface area contributed by atoms with E-state index in [1.165, 1.54) is 40.2 Å². The summed E-state index contributed by atoms with van der Waals surface area (Å²) in [6, 6.07) is 2.66. The summed E-state index contributed by atoms with van der Waals surface area (Å²) >= 11 is 0. The van der Waals surface area contributed by atoms with Gasteiger partial charge in [0.25, 0.3) is 0 Å². The first-order chi connectivity index (χ1) is 12.6. The van der Waals surface area contributed by atoms with Gasteiger partial charge >= 0.3 is 11.9 Å². The van der Waals surface area contributed by atoms with Crippen LogP contribution in [0.4, 0.5) is 0 Å². The summed E-state index contributed by atoms with van der Waals surface area (Å²) < 4.78 is 15.0. The van der Waals surface area contributed by atoms with E-state index >= 15 is 0 Å². The summed E-state index contributed by atoms with van der Waals surface area (Å²) in [5.41, 5.74) is 0.301. The molecule has 0 spiro atoms. The monoisotopic (exact) mass is 374 g/mol. The number of allylic oxidation sites excluding steroid dienone is 2. The molecule has 0 bridgehead atoms. The number of esters is 1. The van der Waals surface area contributed by atoms with Gasteiger partial charge in [-0.25, -0.2) is 4.79 Å². The summed E-state index contributed by atoms with van der Waals surface area (Å²) in [5, 5.41) is 9.47. The van der Waals surface area contributed by atoms with Gasteiger partial charge in [0.1, 0.15) is 11.3 Å². The standard InChI is InChI=1S/C19H18O8/c1-8-6-11(7-12(19(23)24)16(8)27-10(3)20)13-9(2)14(21)17(25-4)18(26-5)15(13)22/h6-7H,1-5H3,(H,23,24). The molecule has 2 rings (SSSR count). The maximum absolute atomic E-state index is 12.8. The second-order valence-corrected chi connectivity index (χ2v) is 5.79. The van der Waals surface area contributed by atoms with Crippen molar-refractivity contribution in [1.29, 1.82) is 0 Å². The van der Waals surface area contributed by atoms with Gasteiger partial charge in [0.15, 0.2) is 0 Å². The maximum Gasteiger partial charge on any atom is 0.339 e. The molecule has 1 N–H and O–H groups in total. The highest BCUT2D eigenvalue weighted by Gasteiger charge is 2.36. The number of aromatic carboxylic acids is 1. The molecule has 0 saturated carbocycles. The number of benzene rings is 1. The Hall–Kier alpha value is -3.42. The van der Waals surface area contributed by atoms with Crippen LogP contribution >= 0.6 is 0 Å². The lowest BCUT2D eigenvalue weighted by Crippen LogP contribution is -2.24. The van der Waals surface area contributed by atoms with E-state index in [-0.39, 0.29) is 39.5 Å². The minimum atomic E-state index is -1.34. The highest BCUT2D eigenvalue weighted by molar-refractivity contribution is 6.38. The van der Waals surface area contributed by atoms with E-state index in [0.29, 0.717) is 5.56 Å². The Morgan fingerprint density at radius 3 is 2.00 bits per heavy atom. The quantitative estimate of drug-likeness (QED) is 0.473. The van der Waals surface area contributed by atoms with Gasteiger partial charge in [0, 0.05) is 18.1 Å². The van der Waals surface area contributed by atoms with Crippen molar-refractivity contribution in [2.45, 2.75) is 20.8 Å². The number of aryl methyl sites for hydroxylation is 1. The molecule has 0 aliphatic heterocycles. The second kappa shape index (κ2) is 7.45. The normalized spacial score (nSPS) is 14.4. The van der Waals surface area contributed by atoms with Crippen LogP contribution in [0.3, 0.4) is 0 Å². The Labute approximate surface area is 155 Å². The van der Waals surface area contributed by atoms with E-state index in [9.17, 15) is 24.3 Å². The van der Waals surface area contributed by atoms with E-state index in [1.54, 1.807) is 0 Å². The molecule has 27 heavy (non-hydrogen) atoms. The molecule has 1 aromatic carbocycles. The van der Waals surface area contributed by atoms with Crippen LogP contribution in [0.15, 0.2) is 29.2 Å². The number of carboxylic acid groups (broad SMARTS) is 1. The first-order valence-corrected chi connectivity index (χ1v) is 7.83. The number of Topliss-reactive ketones (excluding diaryl/α,β-unsaturated/α-hetero) is 2. The highest BCUT2D eigenvalue weighted by Crippen LogP contribution is 2.35. The first kappa shape index (κ1) is 19.9. The topological polar surface area (TPSA) is 116 Å². The Bertz CT molecular complexity index is 933. The number of hydrogen-bond donors (Lipinski definition) is 1. The number of carbonyl (C=O) groups excluding carboxylic acids is 3. The van der Waals surface area contributed by atoms with E-state index < -0.39 is 23.5 Å². The number of ketones is 2. The SMILES string of the molecule is COC1=C(OC)C(=O)C(c2cc(C)c(OC(C)=O)c(C(=O)O)c2)=C(C)C1=O. The van der Waals surface area contributed by atoms with Crippen LogP contribution in [0.25, 0.3) is 5.57 Å². The highest BCUT2D eigenvalue weighted by atomic mass is 16.5. The largest absolute Gasteiger partial charge is 0.489 e. The van der Waals surface area contributed by atoms with Gasteiger partial charge in [0.05, 0.1) is 14.2 Å². The molecule has 1 aliphatic carbocycles. The second-order valence-electron chi connectivity index (χ2n) is 5.79. The third kappa shape index (κ3) is 3.46. The van der Waals surface area contributed by atoms with Crippen LogP contribution in [0.1, 0.15) is 35.3 Å². The summed E-state index contributed by atoms with van der Waals surface area (Å²) in [5.74, 6) is -3.76. The third-order valence-corrected chi connectivity index (χ3v) is 4.01. The van der Waals surface area contributed by atoms with Crippen LogP contribution in [0.2, 0.25) is 0 Å². The van der Waals surface area contributed by atoms with Gasteiger partial charge in [0.2, 0.25) is 23.1 Å². The van der Waals surface area contributed by atoms with E-state index in [4.69, 9.17) is 14.2 Å². The molecule has 1 aromatic rings. The molecular weight excluding hydrogens is 356 g/mol. The number of carbonyl (C=O) groups is 4.